The molecule has 0 saturated carbocycles. The molecule has 0 amide bonds. The van der Waals surface area contributed by atoms with Crippen molar-refractivity contribution < 1.29 is 8.78 Å². The standard InChI is InChI=1S/C20H25F2NS2/c1-5-15-16(21)8-7-13(20(15)25-6-2)9-12(3)19-17(22)10-14(24-4)11-18(19)23/h7-8,10-12H,5-6,9,23H2,1-4H3. The van der Waals surface area contributed by atoms with Crippen molar-refractivity contribution in [1.82, 2.24) is 0 Å². The Morgan fingerprint density at radius 2 is 1.84 bits per heavy atom. The number of hydrogen-bond acceptors (Lipinski definition) is 3. The minimum Gasteiger partial charge on any atom is -0.398 e. The molecule has 0 aliphatic heterocycles. The second-order valence-electron chi connectivity index (χ2n) is 6.02. The SMILES string of the molecule is CCSc1c(CC(C)c2c(N)cc(SC)cc2F)ccc(F)c1CC. The smallest absolute Gasteiger partial charge is 0.129 e. The predicted octanol–water partition coefficient (Wildman–Crippen LogP) is 6.29. The maximum atomic E-state index is 14.6. The van der Waals surface area contributed by atoms with E-state index in [4.69, 9.17) is 5.73 Å². The third-order valence-electron chi connectivity index (χ3n) is 4.32. The van der Waals surface area contributed by atoms with Crippen LogP contribution in [0.2, 0.25) is 0 Å². The van der Waals surface area contributed by atoms with Crippen LogP contribution in [0.25, 0.3) is 0 Å². The average Bonchev–Trinajstić information content (AvgIpc) is 2.57. The first-order valence-electron chi connectivity index (χ1n) is 8.48. The molecule has 0 radical (unpaired) electrons. The first kappa shape index (κ1) is 20.1. The van der Waals surface area contributed by atoms with Gasteiger partial charge in [0.2, 0.25) is 0 Å². The monoisotopic (exact) mass is 381 g/mol. The van der Waals surface area contributed by atoms with Crippen molar-refractivity contribution in [3.05, 3.63) is 52.6 Å². The molecule has 0 aromatic heterocycles. The maximum Gasteiger partial charge on any atom is 0.129 e. The zero-order chi connectivity index (χ0) is 18.6. The molecule has 2 aromatic rings. The fraction of sp³-hybridized carbons (Fsp3) is 0.400. The molecule has 2 aromatic carbocycles. The molecule has 0 heterocycles. The molecule has 0 spiro atoms. The molecule has 2 N–H and O–H groups in total. The first-order chi connectivity index (χ1) is 11.9. The molecule has 0 aliphatic rings. The van der Waals surface area contributed by atoms with Crippen LogP contribution in [0.3, 0.4) is 0 Å². The fourth-order valence-corrected chi connectivity index (χ4v) is 4.66. The Hall–Kier alpha value is -1.20. The highest BCUT2D eigenvalue weighted by atomic mass is 32.2. The van der Waals surface area contributed by atoms with Crippen LogP contribution in [0.4, 0.5) is 14.5 Å². The zero-order valence-corrected chi connectivity index (χ0v) is 16.8. The van der Waals surface area contributed by atoms with E-state index in [2.05, 4.69) is 6.92 Å². The topological polar surface area (TPSA) is 26.0 Å². The molecule has 1 nitrogen and oxygen atoms in total. The molecule has 1 atom stereocenters. The Kier molecular flexibility index (Phi) is 7.20. The van der Waals surface area contributed by atoms with E-state index in [0.717, 1.165) is 26.7 Å². The summed E-state index contributed by atoms with van der Waals surface area (Å²) in [7, 11) is 0. The van der Waals surface area contributed by atoms with Gasteiger partial charge in [-0.05, 0) is 54.5 Å². The molecule has 0 aliphatic carbocycles. The van der Waals surface area contributed by atoms with Crippen molar-refractivity contribution in [3.8, 4) is 0 Å². The van der Waals surface area contributed by atoms with E-state index in [0.29, 0.717) is 24.1 Å². The summed E-state index contributed by atoms with van der Waals surface area (Å²) < 4.78 is 28.7. The number of nitrogens with two attached hydrogens (primary N) is 1. The second kappa shape index (κ2) is 8.95. The van der Waals surface area contributed by atoms with Crippen LogP contribution < -0.4 is 5.73 Å². The molecule has 0 saturated heterocycles. The summed E-state index contributed by atoms with van der Waals surface area (Å²) in [6.07, 6.45) is 3.18. The second-order valence-corrected chi connectivity index (χ2v) is 8.17. The summed E-state index contributed by atoms with van der Waals surface area (Å²) in [4.78, 5) is 1.82. The highest BCUT2D eigenvalue weighted by Gasteiger charge is 2.19. The normalized spacial score (nSPS) is 12.4. The molecule has 136 valence electrons. The zero-order valence-electron chi connectivity index (χ0n) is 15.2. The molecule has 5 heteroatoms. The van der Waals surface area contributed by atoms with Gasteiger partial charge in [0.1, 0.15) is 11.6 Å². The van der Waals surface area contributed by atoms with Crippen LogP contribution in [-0.2, 0) is 12.8 Å². The highest BCUT2D eigenvalue weighted by Crippen LogP contribution is 2.36. The summed E-state index contributed by atoms with van der Waals surface area (Å²) >= 11 is 3.12. The summed E-state index contributed by atoms with van der Waals surface area (Å²) in [6.45, 7) is 5.99. The van der Waals surface area contributed by atoms with Crippen molar-refractivity contribution in [2.45, 2.75) is 49.3 Å². The molecule has 0 bridgehead atoms. The molecule has 1 unspecified atom stereocenters. The van der Waals surface area contributed by atoms with Gasteiger partial charge in [0, 0.05) is 26.6 Å². The van der Waals surface area contributed by atoms with Crippen molar-refractivity contribution in [2.75, 3.05) is 17.7 Å². The van der Waals surface area contributed by atoms with Gasteiger partial charge in [-0.15, -0.1) is 23.5 Å². The molecular weight excluding hydrogens is 356 g/mol. The van der Waals surface area contributed by atoms with Crippen LogP contribution in [0.5, 0.6) is 0 Å². The number of benzene rings is 2. The number of nitrogen functional groups attached to an aromatic ring is 1. The Morgan fingerprint density at radius 1 is 1.12 bits per heavy atom. The lowest BCUT2D eigenvalue weighted by Crippen LogP contribution is -2.08. The molecule has 25 heavy (non-hydrogen) atoms. The highest BCUT2D eigenvalue weighted by molar-refractivity contribution is 7.99. The van der Waals surface area contributed by atoms with E-state index in [1.54, 1.807) is 11.8 Å². The minimum absolute atomic E-state index is 0.0812. The Labute approximate surface area is 157 Å². The van der Waals surface area contributed by atoms with Gasteiger partial charge in [-0.25, -0.2) is 8.78 Å². The van der Waals surface area contributed by atoms with Gasteiger partial charge < -0.3 is 5.73 Å². The first-order valence-corrected chi connectivity index (χ1v) is 10.7. The minimum atomic E-state index is -0.264. The van der Waals surface area contributed by atoms with Crippen LogP contribution in [0.1, 0.15) is 43.4 Å². The number of hydrogen-bond donors (Lipinski definition) is 1. The third-order valence-corrected chi connectivity index (χ3v) is 6.11. The van der Waals surface area contributed by atoms with Gasteiger partial charge in [-0.3, -0.25) is 0 Å². The predicted molar refractivity (Wildman–Crippen MR) is 107 cm³/mol. The largest absolute Gasteiger partial charge is 0.398 e. The van der Waals surface area contributed by atoms with E-state index in [1.165, 1.54) is 23.9 Å². The number of thioether (sulfide) groups is 2. The quantitative estimate of drug-likeness (QED) is 0.451. The fourth-order valence-electron chi connectivity index (χ4n) is 3.15. The summed E-state index contributed by atoms with van der Waals surface area (Å²) in [6, 6.07) is 6.71. The summed E-state index contributed by atoms with van der Waals surface area (Å²) in [5.41, 5.74) is 8.96. The summed E-state index contributed by atoms with van der Waals surface area (Å²) in [5, 5.41) is 0. The van der Waals surface area contributed by atoms with Crippen molar-refractivity contribution in [1.29, 1.82) is 0 Å². The average molecular weight is 382 g/mol. The Balaban J connectivity index is 2.40. The van der Waals surface area contributed by atoms with Crippen LogP contribution in [0, 0.1) is 11.6 Å². The van der Waals surface area contributed by atoms with Gasteiger partial charge in [0.15, 0.2) is 0 Å². The van der Waals surface area contributed by atoms with Gasteiger partial charge in [0.25, 0.3) is 0 Å². The lowest BCUT2D eigenvalue weighted by Gasteiger charge is -2.20. The molecule has 0 fully saturated rings. The van der Waals surface area contributed by atoms with E-state index in [1.807, 2.05) is 32.2 Å². The summed E-state index contributed by atoms with van der Waals surface area (Å²) in [5.74, 6) is 0.364. The lowest BCUT2D eigenvalue weighted by molar-refractivity contribution is 0.581. The number of anilines is 1. The van der Waals surface area contributed by atoms with Crippen LogP contribution in [-0.4, -0.2) is 12.0 Å². The van der Waals surface area contributed by atoms with E-state index in [-0.39, 0.29) is 17.6 Å². The Bertz CT molecular complexity index is 724. The van der Waals surface area contributed by atoms with Crippen molar-refractivity contribution in [2.24, 2.45) is 0 Å². The number of halogens is 2. The van der Waals surface area contributed by atoms with E-state index < -0.39 is 0 Å². The molecule has 2 rings (SSSR count). The van der Waals surface area contributed by atoms with E-state index >= 15 is 0 Å². The van der Waals surface area contributed by atoms with Crippen LogP contribution in [0.15, 0.2) is 34.1 Å². The van der Waals surface area contributed by atoms with Gasteiger partial charge in [-0.1, -0.05) is 26.8 Å². The third kappa shape index (κ3) is 4.50. The van der Waals surface area contributed by atoms with Crippen LogP contribution >= 0.6 is 23.5 Å². The Morgan fingerprint density at radius 3 is 2.40 bits per heavy atom. The van der Waals surface area contributed by atoms with E-state index in [9.17, 15) is 8.78 Å². The lowest BCUT2D eigenvalue weighted by atomic mass is 9.91. The van der Waals surface area contributed by atoms with Crippen molar-refractivity contribution >= 4 is 29.2 Å². The van der Waals surface area contributed by atoms with Gasteiger partial charge in [0.05, 0.1) is 0 Å². The number of rotatable bonds is 7. The molecular formula is C20H25F2NS2. The maximum absolute atomic E-state index is 14.6. The van der Waals surface area contributed by atoms with Gasteiger partial charge >= 0.3 is 0 Å². The van der Waals surface area contributed by atoms with Crippen molar-refractivity contribution in [3.63, 3.8) is 0 Å². The van der Waals surface area contributed by atoms with Gasteiger partial charge in [-0.2, -0.15) is 0 Å².